The van der Waals surface area contributed by atoms with Crippen LogP contribution in [0.4, 0.5) is 4.79 Å². The van der Waals surface area contributed by atoms with Gasteiger partial charge in [-0.05, 0) is 23.4 Å². The van der Waals surface area contributed by atoms with Gasteiger partial charge in [-0.15, -0.1) is 17.9 Å². The summed E-state index contributed by atoms with van der Waals surface area (Å²) in [6, 6.07) is 1.64. The van der Waals surface area contributed by atoms with Gasteiger partial charge in [-0.1, -0.05) is 13.0 Å². The minimum Gasteiger partial charge on any atom is -0.480 e. The highest BCUT2D eigenvalue weighted by Crippen LogP contribution is 2.16. The summed E-state index contributed by atoms with van der Waals surface area (Å²) >= 11 is 1.59. The van der Waals surface area contributed by atoms with Crippen LogP contribution in [-0.4, -0.2) is 35.1 Å². The molecule has 1 heterocycles. The summed E-state index contributed by atoms with van der Waals surface area (Å²) in [5.41, 5.74) is 1.21. The maximum absolute atomic E-state index is 11.9. The van der Waals surface area contributed by atoms with Crippen LogP contribution in [0.3, 0.4) is 0 Å². The summed E-state index contributed by atoms with van der Waals surface area (Å²) in [7, 11) is 0. The zero-order valence-electron chi connectivity index (χ0n) is 10.9. The number of aliphatic carboxylic acids is 1. The Morgan fingerprint density at radius 2 is 2.32 bits per heavy atom. The monoisotopic (exact) mass is 282 g/mol. The van der Waals surface area contributed by atoms with E-state index in [2.05, 4.69) is 18.8 Å². The van der Waals surface area contributed by atoms with E-state index < -0.39 is 12.0 Å². The van der Waals surface area contributed by atoms with Crippen molar-refractivity contribution in [2.45, 2.75) is 19.9 Å². The normalized spacial score (nSPS) is 9.95. The fourth-order valence-electron chi connectivity index (χ4n) is 1.64. The second kappa shape index (κ2) is 7.58. The first-order valence-electron chi connectivity index (χ1n) is 5.99. The highest BCUT2D eigenvalue weighted by Gasteiger charge is 2.15. The Kier molecular flexibility index (Phi) is 6.08. The van der Waals surface area contributed by atoms with Crippen LogP contribution in [0.25, 0.3) is 0 Å². The van der Waals surface area contributed by atoms with Crippen molar-refractivity contribution in [3.8, 4) is 0 Å². The number of rotatable bonds is 7. The molecule has 0 aliphatic rings. The summed E-state index contributed by atoms with van der Waals surface area (Å²) in [6.45, 7) is 5.88. The summed E-state index contributed by atoms with van der Waals surface area (Å²) in [5.74, 6) is -1.04. The number of hydrogen-bond donors (Lipinski definition) is 2. The number of aryl methyl sites for hydroxylation is 1. The maximum Gasteiger partial charge on any atom is 0.323 e. The highest BCUT2D eigenvalue weighted by atomic mass is 32.1. The Labute approximate surface area is 116 Å². The van der Waals surface area contributed by atoms with Gasteiger partial charge in [-0.25, -0.2) is 4.79 Å². The molecule has 0 unspecified atom stereocenters. The molecular weight excluding hydrogens is 264 g/mol. The fraction of sp³-hybridized carbons (Fsp3) is 0.385. The van der Waals surface area contributed by atoms with Gasteiger partial charge in [0, 0.05) is 11.4 Å². The molecule has 0 radical (unpaired) electrons. The molecule has 0 aromatic carbocycles. The number of carboxylic acids is 1. The summed E-state index contributed by atoms with van der Waals surface area (Å²) in [4.78, 5) is 24.8. The molecule has 0 atom stereocenters. The van der Waals surface area contributed by atoms with Crippen LogP contribution in [0, 0.1) is 0 Å². The molecule has 6 heteroatoms. The smallest absolute Gasteiger partial charge is 0.323 e. The van der Waals surface area contributed by atoms with Gasteiger partial charge in [0.1, 0.15) is 6.54 Å². The Balaban J connectivity index is 2.56. The molecule has 0 fully saturated rings. The van der Waals surface area contributed by atoms with Crippen molar-refractivity contribution < 1.29 is 14.7 Å². The molecule has 1 aromatic heterocycles. The molecule has 0 bridgehead atoms. The third-order valence-corrected chi connectivity index (χ3v) is 3.54. The molecule has 5 nitrogen and oxygen atoms in total. The molecule has 1 rings (SSSR count). The van der Waals surface area contributed by atoms with E-state index >= 15 is 0 Å². The minimum absolute atomic E-state index is 0.212. The van der Waals surface area contributed by atoms with Crippen molar-refractivity contribution in [1.82, 2.24) is 10.2 Å². The van der Waals surface area contributed by atoms with E-state index in [0.29, 0.717) is 6.54 Å². The van der Waals surface area contributed by atoms with E-state index in [-0.39, 0.29) is 13.1 Å². The van der Waals surface area contributed by atoms with Gasteiger partial charge in [-0.2, -0.15) is 0 Å². The average Bonchev–Trinajstić information content (AvgIpc) is 2.82. The van der Waals surface area contributed by atoms with Crippen LogP contribution in [0.1, 0.15) is 17.4 Å². The first-order valence-corrected chi connectivity index (χ1v) is 6.87. The van der Waals surface area contributed by atoms with Crippen LogP contribution in [-0.2, 0) is 17.8 Å². The zero-order chi connectivity index (χ0) is 14.3. The Bertz CT molecular complexity index is 456. The Morgan fingerprint density at radius 1 is 1.58 bits per heavy atom. The molecule has 2 N–H and O–H groups in total. The van der Waals surface area contributed by atoms with Crippen LogP contribution in [0.2, 0.25) is 0 Å². The average molecular weight is 282 g/mol. The largest absolute Gasteiger partial charge is 0.480 e. The van der Waals surface area contributed by atoms with E-state index in [1.54, 1.807) is 11.3 Å². The van der Waals surface area contributed by atoms with E-state index in [9.17, 15) is 9.59 Å². The van der Waals surface area contributed by atoms with E-state index in [1.165, 1.54) is 16.5 Å². The third-order valence-electron chi connectivity index (χ3n) is 2.58. The fourth-order valence-corrected chi connectivity index (χ4v) is 2.56. The Hall–Kier alpha value is -1.82. The molecule has 0 saturated heterocycles. The van der Waals surface area contributed by atoms with Crippen molar-refractivity contribution >= 4 is 23.3 Å². The first kappa shape index (κ1) is 15.2. The molecule has 0 aliphatic heterocycles. The van der Waals surface area contributed by atoms with Gasteiger partial charge in [0.25, 0.3) is 0 Å². The number of amides is 2. The van der Waals surface area contributed by atoms with Gasteiger partial charge in [0.15, 0.2) is 0 Å². The predicted octanol–water partition coefficient (Wildman–Crippen LogP) is 2.09. The number of nitrogens with one attached hydrogen (secondary N) is 1. The molecule has 0 spiro atoms. The van der Waals surface area contributed by atoms with Crippen molar-refractivity contribution in [3.63, 3.8) is 0 Å². The van der Waals surface area contributed by atoms with Crippen molar-refractivity contribution in [2.24, 2.45) is 0 Å². The van der Waals surface area contributed by atoms with Crippen molar-refractivity contribution in [3.05, 3.63) is 34.5 Å². The van der Waals surface area contributed by atoms with Gasteiger partial charge in [0.05, 0.1) is 6.54 Å². The number of carbonyl (C=O) groups excluding carboxylic acids is 1. The predicted molar refractivity (Wildman–Crippen MR) is 75.3 cm³/mol. The van der Waals surface area contributed by atoms with Gasteiger partial charge >= 0.3 is 12.0 Å². The van der Waals surface area contributed by atoms with Crippen molar-refractivity contribution in [1.29, 1.82) is 0 Å². The molecular formula is C13H18N2O3S. The number of carbonyl (C=O) groups is 2. The van der Waals surface area contributed by atoms with Crippen LogP contribution >= 0.6 is 11.3 Å². The summed E-state index contributed by atoms with van der Waals surface area (Å²) < 4.78 is 0. The quantitative estimate of drug-likeness (QED) is 0.752. The number of thiophene rings is 1. The standard InChI is InChI=1S/C13H18N2O3S/c1-3-6-15(9-12(16)17)13(18)14-8-11-10(4-2)5-7-19-11/h3,5,7H,1,4,6,8-9H2,2H3,(H,14,18)(H,16,17). The van der Waals surface area contributed by atoms with E-state index in [4.69, 9.17) is 5.11 Å². The summed E-state index contributed by atoms with van der Waals surface area (Å²) in [6.07, 6.45) is 2.42. The second-order valence-corrected chi connectivity index (χ2v) is 4.94. The lowest BCUT2D eigenvalue weighted by Crippen LogP contribution is -2.42. The topological polar surface area (TPSA) is 69.6 Å². The second-order valence-electron chi connectivity index (χ2n) is 3.94. The SMILES string of the molecule is C=CCN(CC(=O)O)C(=O)NCc1sccc1CC. The first-order chi connectivity index (χ1) is 9.08. The summed E-state index contributed by atoms with van der Waals surface area (Å²) in [5, 5.41) is 13.5. The lowest BCUT2D eigenvalue weighted by atomic mass is 10.2. The molecule has 104 valence electrons. The molecule has 0 saturated carbocycles. The molecule has 1 aromatic rings. The lowest BCUT2D eigenvalue weighted by Gasteiger charge is -2.19. The zero-order valence-corrected chi connectivity index (χ0v) is 11.7. The van der Waals surface area contributed by atoms with Crippen LogP contribution < -0.4 is 5.32 Å². The van der Waals surface area contributed by atoms with Crippen molar-refractivity contribution in [2.75, 3.05) is 13.1 Å². The number of nitrogens with zero attached hydrogens (tertiary/aromatic N) is 1. The van der Waals surface area contributed by atoms with E-state index in [1.807, 2.05) is 11.4 Å². The highest BCUT2D eigenvalue weighted by molar-refractivity contribution is 7.10. The van der Waals surface area contributed by atoms with Gasteiger partial charge in [-0.3, -0.25) is 4.79 Å². The van der Waals surface area contributed by atoms with Crippen LogP contribution in [0.5, 0.6) is 0 Å². The number of urea groups is 1. The number of carboxylic acid groups (broad SMARTS) is 1. The number of hydrogen-bond acceptors (Lipinski definition) is 3. The maximum atomic E-state index is 11.9. The Morgan fingerprint density at radius 3 is 2.89 bits per heavy atom. The van der Waals surface area contributed by atoms with Gasteiger partial charge in [0.2, 0.25) is 0 Å². The minimum atomic E-state index is -1.04. The van der Waals surface area contributed by atoms with E-state index in [0.717, 1.165) is 11.3 Å². The lowest BCUT2D eigenvalue weighted by molar-refractivity contribution is -0.137. The van der Waals surface area contributed by atoms with Gasteiger partial charge < -0.3 is 15.3 Å². The molecule has 0 aliphatic carbocycles. The van der Waals surface area contributed by atoms with Crippen LogP contribution in [0.15, 0.2) is 24.1 Å². The molecule has 19 heavy (non-hydrogen) atoms. The third kappa shape index (κ3) is 4.75. The molecule has 2 amide bonds.